The zero-order valence-electron chi connectivity index (χ0n) is 82.2. The summed E-state index contributed by atoms with van der Waals surface area (Å²) in [6.45, 7) is 0. The molecule has 27 aromatic rings. The summed E-state index contributed by atoms with van der Waals surface area (Å²) >= 11 is 0. The number of furan rings is 3. The molecule has 0 radical (unpaired) electrons. The van der Waals surface area contributed by atoms with Gasteiger partial charge in [-0.15, -0.1) is 0 Å². The number of nitrogens with zero attached hydrogens (tertiary/aromatic N) is 3. The number of para-hydroxylation sites is 3. The smallest absolute Gasteiger partial charge is 0.137 e. The van der Waals surface area contributed by atoms with Crippen LogP contribution in [0.4, 0.5) is 51.2 Å². The van der Waals surface area contributed by atoms with Gasteiger partial charge < -0.3 is 28.0 Å². The molecule has 0 fully saturated rings. The van der Waals surface area contributed by atoms with Gasteiger partial charge >= 0.3 is 0 Å². The van der Waals surface area contributed by atoms with Gasteiger partial charge in [0.15, 0.2) is 0 Å². The minimum atomic E-state index is 0.870. The summed E-state index contributed by atoms with van der Waals surface area (Å²) in [6, 6.07) is 213. The van der Waals surface area contributed by atoms with Gasteiger partial charge in [-0.25, -0.2) is 0 Å². The number of anilines is 9. The van der Waals surface area contributed by atoms with E-state index in [1.807, 2.05) is 36.4 Å². The molecule has 0 saturated carbocycles. The topological polar surface area (TPSA) is 49.1 Å². The number of benzene rings is 24. The van der Waals surface area contributed by atoms with Crippen LogP contribution in [-0.4, -0.2) is 0 Å². The fraction of sp³-hybridized carbons (Fsp3) is 0. The monoisotopic (exact) mass is 1920 g/mol. The van der Waals surface area contributed by atoms with E-state index in [9.17, 15) is 0 Å². The lowest BCUT2D eigenvalue weighted by molar-refractivity contribution is 0.668. The Balaban J connectivity index is 0.000000116. The van der Waals surface area contributed by atoms with E-state index in [1.54, 1.807) is 0 Å². The van der Waals surface area contributed by atoms with Crippen molar-refractivity contribution in [3.05, 3.63) is 601 Å². The third kappa shape index (κ3) is 19.1. The minimum Gasteiger partial charge on any atom is -0.456 e. The van der Waals surface area contributed by atoms with Gasteiger partial charge in [-0.2, -0.15) is 0 Å². The summed E-state index contributed by atoms with van der Waals surface area (Å²) in [7, 11) is 0. The largest absolute Gasteiger partial charge is 0.456 e. The van der Waals surface area contributed by atoms with Crippen LogP contribution in [0.2, 0.25) is 0 Å². The number of hydrogen-bond donors (Lipinski definition) is 0. The van der Waals surface area contributed by atoms with Gasteiger partial charge in [-0.05, 0) is 267 Å². The Kier molecular flexibility index (Phi) is 25.2. The predicted octanol–water partition coefficient (Wildman–Crippen LogP) is 41.2. The molecule has 24 aromatic carbocycles. The lowest BCUT2D eigenvalue weighted by atomic mass is 9.94. The molecule has 0 spiro atoms. The van der Waals surface area contributed by atoms with Crippen molar-refractivity contribution < 1.29 is 13.3 Å². The standard InChI is InChI=1S/3C48H33NO/c1-3-11-34(12-4-1)36-21-23-37(24-22-36)38-25-27-42(28-26-38)49(44-29-30-46-45-19-7-8-20-47(45)50-48(46)33-44)43-18-10-17-41(32-43)40-16-9-15-39(31-40)35-13-5-2-6-14-35;1-3-12-34(13-4-1)35-22-24-36(25-23-35)37-26-28-40(29-27-37)49(42-30-31-46-45-20-9-10-21-47(45)50-48(46)33-42)41-17-11-16-39(32-41)44-19-8-7-18-43(44)38-14-5-2-6-15-38;1-3-10-34(11-4-1)36-18-20-38(21-19-36)39-26-28-42(29-27-39)49(44-30-31-46-45-16-7-8-17-47(45)50-48(46)33-44)43-15-9-14-41(32-43)40-24-22-37(23-25-40)35-12-5-2-6-13-35/h3*1-33H. The van der Waals surface area contributed by atoms with E-state index >= 15 is 0 Å². The quantitative estimate of drug-likeness (QED) is 0.0715. The average molecular weight is 1920 g/mol. The molecule has 0 unspecified atom stereocenters. The molecule has 0 N–H and O–H groups in total. The van der Waals surface area contributed by atoms with Gasteiger partial charge in [0.05, 0.1) is 0 Å². The van der Waals surface area contributed by atoms with Crippen molar-refractivity contribution in [3.63, 3.8) is 0 Å². The highest BCUT2D eigenvalue weighted by atomic mass is 16.3. The van der Waals surface area contributed by atoms with Crippen LogP contribution < -0.4 is 14.7 Å². The van der Waals surface area contributed by atoms with E-state index in [2.05, 4.69) is 579 Å². The van der Waals surface area contributed by atoms with Crippen molar-refractivity contribution in [2.24, 2.45) is 0 Å². The molecule has 0 aliphatic carbocycles. The minimum absolute atomic E-state index is 0.870. The van der Waals surface area contributed by atoms with Gasteiger partial charge in [0.2, 0.25) is 0 Å². The second-order valence-corrected chi connectivity index (χ2v) is 37.8. The zero-order chi connectivity index (χ0) is 99.8. The molecule has 0 aliphatic rings. The average Bonchev–Trinajstić information content (AvgIpc) is 1.40. The zero-order valence-corrected chi connectivity index (χ0v) is 82.2. The summed E-state index contributed by atoms with van der Waals surface area (Å²) in [4.78, 5) is 6.96. The van der Waals surface area contributed by atoms with Crippen molar-refractivity contribution in [2.45, 2.75) is 0 Å². The summed E-state index contributed by atoms with van der Waals surface area (Å²) in [5.74, 6) is 0. The maximum Gasteiger partial charge on any atom is 0.137 e. The number of hydrogen-bond acceptors (Lipinski definition) is 6. The van der Waals surface area contributed by atoms with Gasteiger partial charge in [0.25, 0.3) is 0 Å². The molecule has 3 heterocycles. The van der Waals surface area contributed by atoms with Crippen LogP contribution in [0.1, 0.15) is 0 Å². The predicted molar refractivity (Wildman–Crippen MR) is 630 cm³/mol. The van der Waals surface area contributed by atoms with Crippen LogP contribution >= 0.6 is 0 Å². The van der Waals surface area contributed by atoms with Crippen molar-refractivity contribution in [2.75, 3.05) is 14.7 Å². The van der Waals surface area contributed by atoms with E-state index in [1.165, 1.54) is 117 Å². The maximum atomic E-state index is 6.36. The van der Waals surface area contributed by atoms with E-state index < -0.39 is 0 Å². The van der Waals surface area contributed by atoms with Crippen LogP contribution in [0, 0.1) is 0 Å². The molecule has 0 amide bonds. The molecule has 0 aliphatic heterocycles. The molecule has 0 bridgehead atoms. The third-order valence-corrected chi connectivity index (χ3v) is 28.5. The highest BCUT2D eigenvalue weighted by Gasteiger charge is 2.24. The second kappa shape index (κ2) is 41.4. The molecule has 150 heavy (non-hydrogen) atoms. The van der Waals surface area contributed by atoms with E-state index in [0.717, 1.165) is 134 Å². The molecule has 3 aromatic heterocycles. The Morgan fingerprint density at radius 3 is 0.567 bits per heavy atom. The van der Waals surface area contributed by atoms with Crippen LogP contribution in [-0.2, 0) is 0 Å². The Labute approximate surface area is 872 Å². The van der Waals surface area contributed by atoms with Crippen LogP contribution in [0.5, 0.6) is 0 Å². The molecule has 27 rings (SSSR count). The summed E-state index contributed by atoms with van der Waals surface area (Å²) in [6.07, 6.45) is 0. The van der Waals surface area contributed by atoms with Crippen molar-refractivity contribution in [1.82, 2.24) is 0 Å². The van der Waals surface area contributed by atoms with Crippen LogP contribution in [0.3, 0.4) is 0 Å². The highest BCUT2D eigenvalue weighted by molar-refractivity contribution is 6.09. The SMILES string of the molecule is c1ccc(-c2ccc(-c3ccc(N(c4cccc(-c5ccc(-c6ccccc6)cc5)c4)c4ccc5c(c4)oc4ccccc45)cc3)cc2)cc1.c1ccc(-c2ccc(-c3ccc(N(c4cccc(-c5cccc(-c6ccccc6)c5)c4)c4ccc5c(c4)oc4ccccc45)cc3)cc2)cc1.c1ccc(-c2ccc(-c3ccc(N(c4cccc(-c5ccccc5-c5ccccc5)c4)c4ccc5c(c4)oc4ccccc45)cc3)cc2)cc1. The number of fused-ring (bicyclic) bond motifs is 9. The van der Waals surface area contributed by atoms with Gasteiger partial charge in [-0.3, -0.25) is 0 Å². The maximum absolute atomic E-state index is 6.36. The highest BCUT2D eigenvalue weighted by Crippen LogP contribution is 2.48. The Bertz CT molecular complexity index is 9430. The van der Waals surface area contributed by atoms with Crippen molar-refractivity contribution in [3.8, 4) is 134 Å². The van der Waals surface area contributed by atoms with Crippen molar-refractivity contribution in [1.29, 1.82) is 0 Å². The fourth-order valence-electron chi connectivity index (χ4n) is 20.8. The summed E-state index contributed by atoms with van der Waals surface area (Å²) < 4.78 is 19.1. The van der Waals surface area contributed by atoms with Gasteiger partial charge in [0.1, 0.15) is 33.5 Å². The summed E-state index contributed by atoms with van der Waals surface area (Å²) in [5, 5.41) is 6.73. The first-order valence-corrected chi connectivity index (χ1v) is 51.0. The first-order chi connectivity index (χ1) is 74.3. The lowest BCUT2D eigenvalue weighted by Crippen LogP contribution is -2.10. The molecule has 0 saturated heterocycles. The molecular formula is C144H99N3O3. The van der Waals surface area contributed by atoms with E-state index in [4.69, 9.17) is 13.3 Å². The van der Waals surface area contributed by atoms with Crippen LogP contribution in [0.15, 0.2) is 614 Å². The molecule has 6 nitrogen and oxygen atoms in total. The van der Waals surface area contributed by atoms with Gasteiger partial charge in [0, 0.05) is 102 Å². The Hall–Kier alpha value is -19.9. The Morgan fingerprint density at radius 2 is 0.267 bits per heavy atom. The normalized spacial score (nSPS) is 11.2. The van der Waals surface area contributed by atoms with Crippen LogP contribution in [0.25, 0.3) is 199 Å². The Morgan fingerprint density at radius 1 is 0.0933 bits per heavy atom. The summed E-state index contributed by atoms with van der Waals surface area (Å²) in [5.41, 5.74) is 43.5. The lowest BCUT2D eigenvalue weighted by Gasteiger charge is -2.26. The van der Waals surface area contributed by atoms with Crippen molar-refractivity contribution >= 4 is 117 Å². The van der Waals surface area contributed by atoms with E-state index in [0.29, 0.717) is 0 Å². The molecular weight excluding hydrogens is 1820 g/mol. The second-order valence-electron chi connectivity index (χ2n) is 37.8. The third-order valence-electron chi connectivity index (χ3n) is 28.5. The van der Waals surface area contributed by atoms with E-state index in [-0.39, 0.29) is 0 Å². The molecule has 6 heteroatoms. The molecule has 0 atom stereocenters. The van der Waals surface area contributed by atoms with Gasteiger partial charge in [-0.1, -0.05) is 449 Å². The first-order valence-electron chi connectivity index (χ1n) is 51.0. The number of rotatable bonds is 21. The molecule has 708 valence electrons. The fourth-order valence-corrected chi connectivity index (χ4v) is 20.8. The first kappa shape index (κ1) is 91.3.